The number of rotatable bonds is 5. The van der Waals surface area contributed by atoms with Crippen molar-refractivity contribution in [1.82, 2.24) is 9.78 Å². The lowest BCUT2D eigenvalue weighted by Crippen LogP contribution is -2.21. The van der Waals surface area contributed by atoms with Crippen molar-refractivity contribution in [2.24, 2.45) is 0 Å². The fourth-order valence-corrected chi connectivity index (χ4v) is 2.97. The number of esters is 1. The maximum Gasteiger partial charge on any atom is 0.339 e. The third-order valence-electron chi connectivity index (χ3n) is 3.82. The molecule has 9 heteroatoms. The molecule has 2 amide bonds. The van der Waals surface area contributed by atoms with Crippen molar-refractivity contribution in [3.05, 3.63) is 76.0 Å². The number of anilines is 2. The van der Waals surface area contributed by atoms with Crippen LogP contribution in [0.25, 0.3) is 0 Å². The maximum absolute atomic E-state index is 12.3. The molecule has 0 fully saturated rings. The van der Waals surface area contributed by atoms with Crippen LogP contribution in [0.15, 0.2) is 54.9 Å². The average molecular weight is 419 g/mol. The summed E-state index contributed by atoms with van der Waals surface area (Å²) in [4.78, 5) is 24.0. The fraction of sp³-hybridized carbons (Fsp3) is 0.105. The van der Waals surface area contributed by atoms with Gasteiger partial charge in [0, 0.05) is 16.2 Å². The number of hydrogen-bond acceptors (Lipinski definition) is 4. The number of nitrogens with one attached hydrogen (secondary N) is 2. The molecular weight excluding hydrogens is 403 g/mol. The van der Waals surface area contributed by atoms with E-state index in [9.17, 15) is 9.59 Å². The number of hydrogen-bond donors (Lipinski definition) is 2. The van der Waals surface area contributed by atoms with E-state index in [-0.39, 0.29) is 5.56 Å². The summed E-state index contributed by atoms with van der Waals surface area (Å²) in [5, 5.41) is 10.6. The first-order valence-corrected chi connectivity index (χ1v) is 8.93. The van der Waals surface area contributed by atoms with E-state index in [4.69, 9.17) is 27.9 Å². The molecule has 0 aliphatic heterocycles. The van der Waals surface area contributed by atoms with Crippen molar-refractivity contribution in [3.63, 3.8) is 0 Å². The van der Waals surface area contributed by atoms with E-state index in [1.54, 1.807) is 47.3 Å². The van der Waals surface area contributed by atoms with Gasteiger partial charge < -0.3 is 15.4 Å². The Balaban J connectivity index is 1.65. The van der Waals surface area contributed by atoms with Crippen LogP contribution in [0.1, 0.15) is 15.9 Å². The molecule has 0 aliphatic carbocycles. The van der Waals surface area contributed by atoms with Crippen LogP contribution in [0, 0.1) is 0 Å². The highest BCUT2D eigenvalue weighted by molar-refractivity contribution is 6.35. The molecule has 1 heterocycles. The van der Waals surface area contributed by atoms with Gasteiger partial charge in [0.15, 0.2) is 0 Å². The predicted octanol–water partition coefficient (Wildman–Crippen LogP) is 4.67. The minimum absolute atomic E-state index is 0.258. The Morgan fingerprint density at radius 3 is 2.68 bits per heavy atom. The molecule has 2 N–H and O–H groups in total. The summed E-state index contributed by atoms with van der Waals surface area (Å²) >= 11 is 12.1. The molecule has 0 spiro atoms. The van der Waals surface area contributed by atoms with Gasteiger partial charge in [-0.1, -0.05) is 41.4 Å². The normalized spacial score (nSPS) is 10.4. The van der Waals surface area contributed by atoms with Crippen LogP contribution in [-0.4, -0.2) is 28.9 Å². The van der Waals surface area contributed by atoms with Crippen molar-refractivity contribution in [2.75, 3.05) is 17.7 Å². The molecule has 0 bridgehead atoms. The van der Waals surface area contributed by atoms with Gasteiger partial charge in [0.1, 0.15) is 0 Å². The monoisotopic (exact) mass is 418 g/mol. The Bertz CT molecular complexity index is 1020. The maximum atomic E-state index is 12.3. The second-order valence-corrected chi connectivity index (χ2v) is 6.62. The fourth-order valence-electron chi connectivity index (χ4n) is 2.50. The first-order chi connectivity index (χ1) is 13.5. The summed E-state index contributed by atoms with van der Waals surface area (Å²) in [6.07, 6.45) is 3.17. The third-order valence-corrected chi connectivity index (χ3v) is 4.41. The quantitative estimate of drug-likeness (QED) is 0.589. The molecule has 0 saturated heterocycles. The van der Waals surface area contributed by atoms with E-state index in [0.717, 1.165) is 5.56 Å². The zero-order valence-corrected chi connectivity index (χ0v) is 16.3. The molecule has 0 saturated carbocycles. The first kappa shape index (κ1) is 19.7. The van der Waals surface area contributed by atoms with Crippen LogP contribution in [0.5, 0.6) is 0 Å². The molecule has 0 atom stereocenters. The predicted molar refractivity (Wildman–Crippen MR) is 108 cm³/mol. The molecular formula is C19H16Cl2N4O3. The number of methoxy groups -OCH3 is 1. The Kier molecular flexibility index (Phi) is 6.18. The molecule has 0 radical (unpaired) electrons. The first-order valence-electron chi connectivity index (χ1n) is 8.18. The number of aromatic nitrogens is 2. The van der Waals surface area contributed by atoms with Crippen molar-refractivity contribution in [2.45, 2.75) is 6.54 Å². The van der Waals surface area contributed by atoms with Crippen molar-refractivity contribution in [3.8, 4) is 0 Å². The molecule has 3 aromatic rings. The summed E-state index contributed by atoms with van der Waals surface area (Å²) < 4.78 is 6.34. The van der Waals surface area contributed by atoms with E-state index in [1.807, 2.05) is 6.07 Å². The van der Waals surface area contributed by atoms with Crippen LogP contribution in [0.4, 0.5) is 16.2 Å². The SMILES string of the molecule is COC(=O)c1ccccc1NC(=O)Nc1cnn(Cc2ccc(Cl)cc2Cl)c1. The number of benzene rings is 2. The van der Waals surface area contributed by atoms with E-state index in [1.165, 1.54) is 13.3 Å². The Hall–Kier alpha value is -3.03. The number of carbonyl (C=O) groups excluding carboxylic acids is 2. The molecule has 3 rings (SSSR count). The Morgan fingerprint density at radius 1 is 1.14 bits per heavy atom. The Labute approximate surface area is 171 Å². The summed E-state index contributed by atoms with van der Waals surface area (Å²) in [6, 6.07) is 11.3. The van der Waals surface area contributed by atoms with Crippen LogP contribution in [-0.2, 0) is 11.3 Å². The van der Waals surface area contributed by atoms with Gasteiger partial charge in [-0.05, 0) is 29.8 Å². The van der Waals surface area contributed by atoms with Crippen molar-refractivity contribution < 1.29 is 14.3 Å². The van der Waals surface area contributed by atoms with Gasteiger partial charge in [-0.25, -0.2) is 9.59 Å². The van der Waals surface area contributed by atoms with Crippen LogP contribution in [0.2, 0.25) is 10.0 Å². The number of ether oxygens (including phenoxy) is 1. The lowest BCUT2D eigenvalue weighted by molar-refractivity contribution is 0.0602. The molecule has 7 nitrogen and oxygen atoms in total. The number of nitrogens with zero attached hydrogens (tertiary/aromatic N) is 2. The highest BCUT2D eigenvalue weighted by atomic mass is 35.5. The van der Waals surface area contributed by atoms with Crippen LogP contribution in [0.3, 0.4) is 0 Å². The molecule has 2 aromatic carbocycles. The highest BCUT2D eigenvalue weighted by Gasteiger charge is 2.13. The highest BCUT2D eigenvalue weighted by Crippen LogP contribution is 2.22. The largest absolute Gasteiger partial charge is 0.465 e. The molecule has 0 aliphatic rings. The van der Waals surface area contributed by atoms with Gasteiger partial charge in [0.05, 0.1) is 36.8 Å². The van der Waals surface area contributed by atoms with Crippen molar-refractivity contribution >= 4 is 46.6 Å². The summed E-state index contributed by atoms with van der Waals surface area (Å²) in [5.41, 5.74) is 1.93. The topological polar surface area (TPSA) is 85.2 Å². The van der Waals surface area contributed by atoms with E-state index < -0.39 is 12.0 Å². The molecule has 1 aromatic heterocycles. The smallest absolute Gasteiger partial charge is 0.339 e. The van der Waals surface area contributed by atoms with E-state index in [0.29, 0.717) is 28.0 Å². The minimum atomic E-state index is -0.538. The standard InChI is InChI=1S/C19H16Cl2N4O3/c1-28-18(26)15-4-2-3-5-17(15)24-19(27)23-14-9-22-25(11-14)10-12-6-7-13(20)8-16(12)21/h2-9,11H,10H2,1H3,(H2,23,24,27). The summed E-state index contributed by atoms with van der Waals surface area (Å²) in [7, 11) is 1.28. The second kappa shape index (κ2) is 8.77. The molecule has 0 unspecified atom stereocenters. The molecule has 144 valence electrons. The van der Waals surface area contributed by atoms with Gasteiger partial charge in [-0.2, -0.15) is 5.10 Å². The third kappa shape index (κ3) is 4.82. The van der Waals surface area contributed by atoms with Gasteiger partial charge >= 0.3 is 12.0 Å². The molecule has 28 heavy (non-hydrogen) atoms. The average Bonchev–Trinajstić information content (AvgIpc) is 3.10. The van der Waals surface area contributed by atoms with Crippen LogP contribution < -0.4 is 10.6 Å². The van der Waals surface area contributed by atoms with Gasteiger partial charge in [0.25, 0.3) is 0 Å². The minimum Gasteiger partial charge on any atom is -0.465 e. The second-order valence-electron chi connectivity index (χ2n) is 5.78. The number of halogens is 2. The lowest BCUT2D eigenvalue weighted by atomic mass is 10.2. The van der Waals surface area contributed by atoms with E-state index >= 15 is 0 Å². The van der Waals surface area contributed by atoms with Gasteiger partial charge in [-0.3, -0.25) is 4.68 Å². The number of amides is 2. The summed E-state index contributed by atoms with van der Waals surface area (Å²) in [6.45, 7) is 0.421. The van der Waals surface area contributed by atoms with Gasteiger partial charge in [0.2, 0.25) is 0 Å². The van der Waals surface area contributed by atoms with Gasteiger partial charge in [-0.15, -0.1) is 0 Å². The Morgan fingerprint density at radius 2 is 1.93 bits per heavy atom. The summed E-state index contributed by atoms with van der Waals surface area (Å²) in [5.74, 6) is -0.538. The number of urea groups is 1. The van der Waals surface area contributed by atoms with Crippen LogP contribution >= 0.6 is 23.2 Å². The zero-order chi connectivity index (χ0) is 20.1. The lowest BCUT2D eigenvalue weighted by Gasteiger charge is -2.09. The number of carbonyl (C=O) groups is 2. The number of para-hydroxylation sites is 1. The zero-order valence-electron chi connectivity index (χ0n) is 14.8. The van der Waals surface area contributed by atoms with E-state index in [2.05, 4.69) is 15.7 Å². The van der Waals surface area contributed by atoms with Crippen molar-refractivity contribution in [1.29, 1.82) is 0 Å².